The van der Waals surface area contributed by atoms with Crippen LogP contribution in [0.5, 0.6) is 0 Å². The van der Waals surface area contributed by atoms with E-state index in [9.17, 15) is 4.79 Å². The zero-order valence-corrected chi connectivity index (χ0v) is 12.3. The molecule has 104 valence electrons. The lowest BCUT2D eigenvalue weighted by atomic mass is 9.89. The van der Waals surface area contributed by atoms with Crippen molar-refractivity contribution in [3.63, 3.8) is 0 Å². The summed E-state index contributed by atoms with van der Waals surface area (Å²) in [4.78, 5) is 16.7. The first-order valence-electron chi connectivity index (χ1n) is 7.33. The third-order valence-corrected chi connectivity index (χ3v) is 5.35. The van der Waals surface area contributed by atoms with Gasteiger partial charge >= 0.3 is 0 Å². The van der Waals surface area contributed by atoms with Gasteiger partial charge in [-0.15, -0.1) is 11.3 Å². The van der Waals surface area contributed by atoms with Crippen molar-refractivity contribution in [2.45, 2.75) is 38.6 Å². The first kappa shape index (κ1) is 13.1. The number of hydrogen-bond acceptors (Lipinski definition) is 3. The minimum absolute atomic E-state index is 0.237. The van der Waals surface area contributed by atoms with Gasteiger partial charge < -0.3 is 10.2 Å². The predicted molar refractivity (Wildman–Crippen MR) is 78.7 cm³/mol. The Labute approximate surface area is 119 Å². The normalized spacial score (nSPS) is 27.7. The van der Waals surface area contributed by atoms with Crippen molar-refractivity contribution in [2.24, 2.45) is 5.92 Å². The van der Waals surface area contributed by atoms with Crippen LogP contribution in [0.25, 0.3) is 0 Å². The van der Waals surface area contributed by atoms with Crippen LogP contribution in [-0.2, 0) is 0 Å². The second-order valence-corrected chi connectivity index (χ2v) is 7.05. The number of carbonyl (C=O) groups is 1. The van der Waals surface area contributed by atoms with Crippen LogP contribution in [0.1, 0.15) is 40.2 Å². The molecule has 2 saturated heterocycles. The summed E-state index contributed by atoms with van der Waals surface area (Å²) >= 11 is 1.62. The quantitative estimate of drug-likeness (QED) is 0.902. The standard InChI is InChI=1S/C15H22N2OS/c1-11-6-7-14(19-11)15(18)17-9-3-4-12(10-17)13-5-2-8-16-13/h6-7,12-13,16H,2-5,8-10H2,1H3. The number of amides is 1. The Morgan fingerprint density at radius 2 is 2.26 bits per heavy atom. The van der Waals surface area contributed by atoms with Crippen molar-refractivity contribution in [3.8, 4) is 0 Å². The van der Waals surface area contributed by atoms with E-state index in [2.05, 4.69) is 17.1 Å². The molecule has 0 aliphatic carbocycles. The molecule has 3 heterocycles. The summed E-state index contributed by atoms with van der Waals surface area (Å²) in [6, 6.07) is 4.65. The number of nitrogens with one attached hydrogen (secondary N) is 1. The fourth-order valence-corrected chi connectivity index (χ4v) is 4.18. The summed E-state index contributed by atoms with van der Waals surface area (Å²) in [7, 11) is 0. The molecule has 0 spiro atoms. The molecule has 1 aromatic heterocycles. The number of nitrogens with zero attached hydrogens (tertiary/aromatic N) is 1. The average molecular weight is 278 g/mol. The molecule has 3 rings (SSSR count). The van der Waals surface area contributed by atoms with Gasteiger partial charge in [-0.05, 0) is 57.2 Å². The van der Waals surface area contributed by atoms with Crippen LogP contribution in [0.3, 0.4) is 0 Å². The molecular formula is C15H22N2OS. The first-order valence-corrected chi connectivity index (χ1v) is 8.15. The Hall–Kier alpha value is -0.870. The van der Waals surface area contributed by atoms with Gasteiger partial charge in [-0.3, -0.25) is 4.79 Å². The van der Waals surface area contributed by atoms with Gasteiger partial charge in [0.25, 0.3) is 5.91 Å². The SMILES string of the molecule is Cc1ccc(C(=O)N2CCCC(C3CCCN3)C2)s1. The number of hydrogen-bond donors (Lipinski definition) is 1. The van der Waals surface area contributed by atoms with E-state index >= 15 is 0 Å². The molecule has 0 saturated carbocycles. The van der Waals surface area contributed by atoms with Crippen molar-refractivity contribution in [3.05, 3.63) is 21.9 Å². The maximum Gasteiger partial charge on any atom is 0.263 e. The van der Waals surface area contributed by atoms with Gasteiger partial charge in [-0.25, -0.2) is 0 Å². The topological polar surface area (TPSA) is 32.3 Å². The Kier molecular flexibility index (Phi) is 3.89. The highest BCUT2D eigenvalue weighted by atomic mass is 32.1. The van der Waals surface area contributed by atoms with Crippen LogP contribution >= 0.6 is 11.3 Å². The van der Waals surface area contributed by atoms with Crippen molar-refractivity contribution >= 4 is 17.2 Å². The Morgan fingerprint density at radius 3 is 2.95 bits per heavy atom. The van der Waals surface area contributed by atoms with Gasteiger partial charge in [0.2, 0.25) is 0 Å². The maximum absolute atomic E-state index is 12.5. The van der Waals surface area contributed by atoms with Gasteiger partial charge in [0.05, 0.1) is 4.88 Å². The molecule has 2 fully saturated rings. The molecular weight excluding hydrogens is 256 g/mol. The second-order valence-electron chi connectivity index (χ2n) is 5.77. The molecule has 19 heavy (non-hydrogen) atoms. The molecule has 0 radical (unpaired) electrons. The smallest absolute Gasteiger partial charge is 0.263 e. The third-order valence-electron chi connectivity index (χ3n) is 4.36. The molecule has 3 nitrogen and oxygen atoms in total. The third kappa shape index (κ3) is 2.84. The van der Waals surface area contributed by atoms with Crippen LogP contribution in [0.2, 0.25) is 0 Å². The van der Waals surface area contributed by atoms with E-state index in [0.717, 1.165) is 30.9 Å². The van der Waals surface area contributed by atoms with Crippen molar-refractivity contribution < 1.29 is 4.79 Å². The van der Waals surface area contributed by atoms with Crippen LogP contribution in [0, 0.1) is 12.8 Å². The first-order chi connectivity index (χ1) is 9.24. The molecule has 0 aromatic carbocycles. The molecule has 2 unspecified atom stereocenters. The number of carbonyl (C=O) groups excluding carboxylic acids is 1. The predicted octanol–water partition coefficient (Wildman–Crippen LogP) is 2.66. The number of piperidine rings is 1. The number of likely N-dealkylation sites (tertiary alicyclic amines) is 1. The summed E-state index contributed by atoms with van der Waals surface area (Å²) in [6.45, 7) is 5.08. The highest BCUT2D eigenvalue weighted by molar-refractivity contribution is 7.13. The highest BCUT2D eigenvalue weighted by Crippen LogP contribution is 2.26. The summed E-state index contributed by atoms with van der Waals surface area (Å²) in [5.41, 5.74) is 0. The number of rotatable bonds is 2. The van der Waals surface area contributed by atoms with Gasteiger partial charge in [0.15, 0.2) is 0 Å². The molecule has 4 heteroatoms. The van der Waals surface area contributed by atoms with Crippen molar-refractivity contribution in [1.29, 1.82) is 0 Å². The maximum atomic E-state index is 12.5. The lowest BCUT2D eigenvalue weighted by Crippen LogP contribution is -2.45. The number of thiophene rings is 1. The molecule has 1 aromatic rings. The van der Waals surface area contributed by atoms with E-state index in [4.69, 9.17) is 0 Å². The van der Waals surface area contributed by atoms with E-state index in [1.54, 1.807) is 11.3 Å². The zero-order chi connectivity index (χ0) is 13.2. The summed E-state index contributed by atoms with van der Waals surface area (Å²) in [5.74, 6) is 0.891. The Bertz CT molecular complexity index is 451. The lowest BCUT2D eigenvalue weighted by Gasteiger charge is -2.35. The fraction of sp³-hybridized carbons (Fsp3) is 0.667. The highest BCUT2D eigenvalue weighted by Gasteiger charge is 2.31. The van der Waals surface area contributed by atoms with E-state index in [1.165, 1.54) is 24.1 Å². The van der Waals surface area contributed by atoms with Gasteiger partial charge in [-0.1, -0.05) is 0 Å². The minimum Gasteiger partial charge on any atom is -0.338 e. The summed E-state index contributed by atoms with van der Waals surface area (Å²) in [5, 5.41) is 3.59. The largest absolute Gasteiger partial charge is 0.338 e. The molecule has 1 N–H and O–H groups in total. The van der Waals surface area contributed by atoms with E-state index in [0.29, 0.717) is 12.0 Å². The fourth-order valence-electron chi connectivity index (χ4n) is 3.34. The molecule has 2 aliphatic rings. The van der Waals surface area contributed by atoms with Crippen LogP contribution < -0.4 is 5.32 Å². The van der Waals surface area contributed by atoms with E-state index in [1.807, 2.05) is 12.1 Å². The monoisotopic (exact) mass is 278 g/mol. The van der Waals surface area contributed by atoms with Crippen molar-refractivity contribution in [1.82, 2.24) is 10.2 Å². The molecule has 2 aliphatic heterocycles. The van der Waals surface area contributed by atoms with Gasteiger partial charge in [0, 0.05) is 24.0 Å². The average Bonchev–Trinajstić information content (AvgIpc) is 3.09. The van der Waals surface area contributed by atoms with E-state index in [-0.39, 0.29) is 5.91 Å². The number of aryl methyl sites for hydroxylation is 1. The van der Waals surface area contributed by atoms with Gasteiger partial charge in [0.1, 0.15) is 0 Å². The lowest BCUT2D eigenvalue weighted by molar-refractivity contribution is 0.0656. The van der Waals surface area contributed by atoms with Crippen LogP contribution in [0.15, 0.2) is 12.1 Å². The molecule has 2 atom stereocenters. The molecule has 1 amide bonds. The Balaban J connectivity index is 1.65. The summed E-state index contributed by atoms with van der Waals surface area (Å²) in [6.07, 6.45) is 4.99. The van der Waals surface area contributed by atoms with E-state index < -0.39 is 0 Å². The Morgan fingerprint density at radius 1 is 1.37 bits per heavy atom. The van der Waals surface area contributed by atoms with Crippen LogP contribution in [0.4, 0.5) is 0 Å². The second kappa shape index (κ2) is 5.63. The van der Waals surface area contributed by atoms with Crippen LogP contribution in [-0.4, -0.2) is 36.5 Å². The summed E-state index contributed by atoms with van der Waals surface area (Å²) < 4.78 is 0. The zero-order valence-electron chi connectivity index (χ0n) is 11.5. The molecule has 0 bridgehead atoms. The van der Waals surface area contributed by atoms with Gasteiger partial charge in [-0.2, -0.15) is 0 Å². The van der Waals surface area contributed by atoms with Crippen molar-refractivity contribution in [2.75, 3.05) is 19.6 Å². The minimum atomic E-state index is 0.237.